The van der Waals surface area contributed by atoms with Gasteiger partial charge in [0.05, 0.1) is 6.26 Å². The van der Waals surface area contributed by atoms with Gasteiger partial charge < -0.3 is 4.42 Å². The summed E-state index contributed by atoms with van der Waals surface area (Å²) in [7, 11) is 0. The van der Waals surface area contributed by atoms with Crippen molar-refractivity contribution in [2.75, 3.05) is 0 Å². The average Bonchev–Trinajstić information content (AvgIpc) is 1.64. The number of hydrogen-bond acceptors (Lipinski definition) is 2. The van der Waals surface area contributed by atoms with Gasteiger partial charge in [-0.05, 0) is 19.1 Å². The van der Waals surface area contributed by atoms with Crippen molar-refractivity contribution in [3.05, 3.63) is 28.7 Å². The van der Waals surface area contributed by atoms with Crippen molar-refractivity contribution in [1.29, 1.82) is 0 Å². The third kappa shape index (κ3) is 1.17. The lowest BCUT2D eigenvalue weighted by molar-refractivity contribution is 0.516. The number of aryl methyl sites for hydroxylation is 1. The van der Waals surface area contributed by atoms with Crippen LogP contribution in [0.1, 0.15) is 5.76 Å². The maximum absolute atomic E-state index is 4.94. The van der Waals surface area contributed by atoms with Crippen LogP contribution in [0.4, 0.5) is 0 Å². The van der Waals surface area contributed by atoms with Crippen LogP contribution >= 0.6 is 12.2 Å². The van der Waals surface area contributed by atoms with Gasteiger partial charge in [-0.15, -0.1) is 0 Å². The first kappa shape index (κ1) is 5.51. The first-order valence-electron chi connectivity index (χ1n) is 2.34. The Balaban J connectivity index is 3.28. The maximum atomic E-state index is 4.94. The molecule has 0 aliphatic carbocycles. The molecular weight excluding hydrogens is 120 g/mol. The molecule has 1 aromatic heterocycles. The second-order valence-electron chi connectivity index (χ2n) is 1.58. The number of hydrogen-bond donors (Lipinski definition) is 0. The van der Waals surface area contributed by atoms with Crippen LogP contribution in [-0.4, -0.2) is 0 Å². The fourth-order valence-corrected chi connectivity index (χ4v) is 0.712. The molecule has 1 aromatic rings. The summed E-state index contributed by atoms with van der Waals surface area (Å²) in [6, 6.07) is 3.57. The smallest absolute Gasteiger partial charge is 0.101 e. The van der Waals surface area contributed by atoms with Crippen molar-refractivity contribution in [3.63, 3.8) is 0 Å². The molecule has 0 aromatic carbocycles. The standard InChI is InChI=1S/C6H6OS/c1-5-4-6(8)2-3-7-5/h2-4H,1H3. The summed E-state index contributed by atoms with van der Waals surface area (Å²) in [6.45, 7) is 1.87. The Hall–Kier alpha value is -0.630. The van der Waals surface area contributed by atoms with Crippen molar-refractivity contribution >= 4 is 12.2 Å². The molecule has 1 rings (SSSR count). The molecule has 0 radical (unpaired) electrons. The molecule has 0 saturated carbocycles. The molecule has 1 heterocycles. The van der Waals surface area contributed by atoms with Crippen molar-refractivity contribution in [1.82, 2.24) is 0 Å². The van der Waals surface area contributed by atoms with E-state index in [1.807, 2.05) is 13.0 Å². The highest BCUT2D eigenvalue weighted by molar-refractivity contribution is 7.71. The van der Waals surface area contributed by atoms with E-state index in [9.17, 15) is 0 Å². The predicted molar refractivity (Wildman–Crippen MR) is 34.3 cm³/mol. The second kappa shape index (κ2) is 2.09. The molecule has 8 heavy (non-hydrogen) atoms. The Bertz CT molecular complexity index is 226. The van der Waals surface area contributed by atoms with Crippen LogP contribution in [0.3, 0.4) is 0 Å². The molecule has 1 nitrogen and oxygen atoms in total. The van der Waals surface area contributed by atoms with E-state index in [0.717, 1.165) is 10.3 Å². The van der Waals surface area contributed by atoms with Gasteiger partial charge in [-0.1, -0.05) is 12.2 Å². The molecule has 0 N–H and O–H groups in total. The van der Waals surface area contributed by atoms with Crippen LogP contribution in [-0.2, 0) is 0 Å². The van der Waals surface area contributed by atoms with E-state index >= 15 is 0 Å². The summed E-state index contributed by atoms with van der Waals surface area (Å²) >= 11 is 4.84. The van der Waals surface area contributed by atoms with Gasteiger partial charge in [0.25, 0.3) is 0 Å². The minimum Gasteiger partial charge on any atom is -0.470 e. The summed E-state index contributed by atoms with van der Waals surface area (Å²) in [5.74, 6) is 0.859. The van der Waals surface area contributed by atoms with Gasteiger partial charge in [-0.3, -0.25) is 0 Å². The van der Waals surface area contributed by atoms with Crippen LogP contribution in [0.2, 0.25) is 0 Å². The van der Waals surface area contributed by atoms with Crippen LogP contribution < -0.4 is 0 Å². The molecule has 0 amide bonds. The molecule has 42 valence electrons. The topological polar surface area (TPSA) is 13.1 Å². The fourth-order valence-electron chi connectivity index (χ4n) is 0.491. The predicted octanol–water partition coefficient (Wildman–Crippen LogP) is 2.32. The highest BCUT2D eigenvalue weighted by atomic mass is 32.1. The van der Waals surface area contributed by atoms with Crippen molar-refractivity contribution in [3.8, 4) is 0 Å². The zero-order valence-electron chi connectivity index (χ0n) is 4.55. The van der Waals surface area contributed by atoms with Gasteiger partial charge in [0, 0.05) is 4.51 Å². The van der Waals surface area contributed by atoms with E-state index < -0.39 is 0 Å². The Labute approximate surface area is 53.0 Å². The van der Waals surface area contributed by atoms with Gasteiger partial charge in [0.2, 0.25) is 0 Å². The first-order chi connectivity index (χ1) is 3.79. The quantitative estimate of drug-likeness (QED) is 0.495. The molecule has 0 aliphatic rings. The maximum Gasteiger partial charge on any atom is 0.101 e. The molecule has 0 aliphatic heterocycles. The highest BCUT2D eigenvalue weighted by Crippen LogP contribution is 1.96. The molecule has 2 heteroatoms. The van der Waals surface area contributed by atoms with E-state index in [2.05, 4.69) is 0 Å². The van der Waals surface area contributed by atoms with Gasteiger partial charge >= 0.3 is 0 Å². The monoisotopic (exact) mass is 126 g/mol. The van der Waals surface area contributed by atoms with Gasteiger partial charge in [-0.2, -0.15) is 0 Å². The molecule has 0 fully saturated rings. The van der Waals surface area contributed by atoms with Crippen molar-refractivity contribution in [2.24, 2.45) is 0 Å². The summed E-state index contributed by atoms with van der Waals surface area (Å²) in [5, 5.41) is 0. The van der Waals surface area contributed by atoms with Crippen LogP contribution in [0.5, 0.6) is 0 Å². The summed E-state index contributed by atoms with van der Waals surface area (Å²) in [4.78, 5) is 0. The molecule has 0 unspecified atom stereocenters. The Morgan fingerprint density at radius 2 is 2.38 bits per heavy atom. The number of rotatable bonds is 0. The van der Waals surface area contributed by atoms with Gasteiger partial charge in [0.1, 0.15) is 5.76 Å². The first-order valence-corrected chi connectivity index (χ1v) is 2.75. The normalized spacial score (nSPS) is 9.12. The largest absolute Gasteiger partial charge is 0.470 e. The van der Waals surface area contributed by atoms with Crippen LogP contribution in [0, 0.1) is 11.4 Å². The lowest BCUT2D eigenvalue weighted by Crippen LogP contribution is -1.66. The third-order valence-electron chi connectivity index (χ3n) is 0.832. The van der Waals surface area contributed by atoms with Crippen molar-refractivity contribution < 1.29 is 4.42 Å². The Kier molecular flexibility index (Phi) is 1.44. The zero-order valence-corrected chi connectivity index (χ0v) is 5.37. The molecule has 0 bridgehead atoms. The van der Waals surface area contributed by atoms with Crippen LogP contribution in [0.15, 0.2) is 22.8 Å². The minimum atomic E-state index is 0.828. The van der Waals surface area contributed by atoms with Crippen LogP contribution in [0.25, 0.3) is 0 Å². The van der Waals surface area contributed by atoms with Crippen molar-refractivity contribution in [2.45, 2.75) is 6.92 Å². The highest BCUT2D eigenvalue weighted by Gasteiger charge is 1.79. The minimum absolute atomic E-state index is 0.828. The molecular formula is C6H6OS. The average molecular weight is 126 g/mol. The molecule has 0 spiro atoms. The SMILES string of the molecule is Cc1cc(=S)cco1. The van der Waals surface area contributed by atoms with E-state index in [0.29, 0.717) is 0 Å². The zero-order chi connectivity index (χ0) is 5.98. The molecule has 0 saturated heterocycles. The van der Waals surface area contributed by atoms with E-state index in [-0.39, 0.29) is 0 Å². The lowest BCUT2D eigenvalue weighted by atomic mass is 10.4. The molecule has 0 atom stereocenters. The Morgan fingerprint density at radius 3 is 2.75 bits per heavy atom. The van der Waals surface area contributed by atoms with Gasteiger partial charge in [0.15, 0.2) is 0 Å². The fraction of sp³-hybridized carbons (Fsp3) is 0.167. The van der Waals surface area contributed by atoms with E-state index in [1.165, 1.54) is 0 Å². The summed E-state index contributed by atoms with van der Waals surface area (Å²) in [6.07, 6.45) is 1.59. The van der Waals surface area contributed by atoms with E-state index in [1.54, 1.807) is 12.3 Å². The summed E-state index contributed by atoms with van der Waals surface area (Å²) in [5.41, 5.74) is 0. The summed E-state index contributed by atoms with van der Waals surface area (Å²) < 4.78 is 5.77. The van der Waals surface area contributed by atoms with E-state index in [4.69, 9.17) is 16.6 Å². The van der Waals surface area contributed by atoms with Gasteiger partial charge in [-0.25, -0.2) is 0 Å². The third-order valence-corrected chi connectivity index (χ3v) is 1.09. The second-order valence-corrected chi connectivity index (χ2v) is 2.05. The Morgan fingerprint density at radius 1 is 1.62 bits per heavy atom. The lowest BCUT2D eigenvalue weighted by Gasteiger charge is -1.85.